The van der Waals surface area contributed by atoms with E-state index < -0.39 is 17.4 Å². The van der Waals surface area contributed by atoms with Crippen LogP contribution in [0.4, 0.5) is 13.2 Å². The molecule has 5 nitrogen and oxygen atoms in total. The van der Waals surface area contributed by atoms with E-state index in [2.05, 4.69) is 9.98 Å². The molecule has 8 heteroatoms. The Bertz CT molecular complexity index is 523. The van der Waals surface area contributed by atoms with Crippen molar-refractivity contribution in [3.8, 4) is 5.75 Å². The molecule has 0 amide bonds. The number of methoxy groups -OCH3 is 1. The molecule has 0 unspecified atom stereocenters. The van der Waals surface area contributed by atoms with Crippen molar-refractivity contribution in [2.75, 3.05) is 7.11 Å². The number of nitrogens with zero attached hydrogens (tertiary/aromatic N) is 2. The highest BCUT2D eigenvalue weighted by molar-refractivity contribution is 5.44. The first kappa shape index (κ1) is 14.6. The van der Waals surface area contributed by atoms with Crippen LogP contribution in [0.2, 0.25) is 0 Å². The molecule has 1 rings (SSSR count). The zero-order chi connectivity index (χ0) is 14.5. The fraction of sp³-hybridized carbons (Fsp3) is 0.273. The number of carbonyl (C=O) groups excluding carboxylic acids is 2. The first-order valence-corrected chi connectivity index (χ1v) is 4.80. The Hall–Kier alpha value is -2.43. The molecule has 0 heterocycles. The standard InChI is InChI=1S/C11H7F3N2O3/c1-19-9-4-2-8(3-5-9)10(15-6-17,16-7-18)11(12,13)14/h2-5H,1H3. The molecule has 0 bridgehead atoms. The second-order valence-electron chi connectivity index (χ2n) is 3.30. The molecular formula is C11H7F3N2O3. The summed E-state index contributed by atoms with van der Waals surface area (Å²) in [5.74, 6) is 0.296. The fourth-order valence-corrected chi connectivity index (χ4v) is 1.40. The van der Waals surface area contributed by atoms with Crippen LogP contribution in [0.3, 0.4) is 0 Å². The van der Waals surface area contributed by atoms with Gasteiger partial charge in [-0.2, -0.15) is 23.2 Å². The SMILES string of the molecule is COc1ccc(C(N=C=O)(N=C=O)C(F)(F)F)cc1. The molecule has 0 aliphatic heterocycles. The Morgan fingerprint density at radius 3 is 1.84 bits per heavy atom. The Morgan fingerprint density at radius 2 is 1.53 bits per heavy atom. The topological polar surface area (TPSA) is 68.1 Å². The van der Waals surface area contributed by atoms with Gasteiger partial charge in [0.25, 0.3) is 5.66 Å². The van der Waals surface area contributed by atoms with E-state index in [1.807, 2.05) is 0 Å². The number of ether oxygens (including phenoxy) is 1. The Labute approximate surface area is 105 Å². The molecule has 0 saturated carbocycles. The second-order valence-corrected chi connectivity index (χ2v) is 3.30. The van der Waals surface area contributed by atoms with Gasteiger partial charge in [-0.15, -0.1) is 0 Å². The monoisotopic (exact) mass is 272 g/mol. The average molecular weight is 272 g/mol. The Balaban J connectivity index is 3.53. The van der Waals surface area contributed by atoms with E-state index in [-0.39, 0.29) is 0 Å². The Kier molecular flexibility index (Phi) is 4.22. The maximum atomic E-state index is 13.0. The van der Waals surface area contributed by atoms with Crippen LogP contribution >= 0.6 is 0 Å². The van der Waals surface area contributed by atoms with E-state index in [0.717, 1.165) is 24.3 Å². The highest BCUT2D eigenvalue weighted by Crippen LogP contribution is 2.43. The molecule has 1 aromatic rings. The summed E-state index contributed by atoms with van der Waals surface area (Å²) in [5, 5.41) is 0. The molecule has 0 aliphatic carbocycles. The summed E-state index contributed by atoms with van der Waals surface area (Å²) in [4.78, 5) is 25.7. The van der Waals surface area contributed by atoms with Crippen molar-refractivity contribution in [1.29, 1.82) is 0 Å². The van der Waals surface area contributed by atoms with E-state index in [0.29, 0.717) is 5.75 Å². The molecule has 0 radical (unpaired) electrons. The van der Waals surface area contributed by atoms with Crippen molar-refractivity contribution in [3.05, 3.63) is 29.8 Å². The third-order valence-electron chi connectivity index (χ3n) is 2.30. The van der Waals surface area contributed by atoms with Crippen LogP contribution in [0.25, 0.3) is 0 Å². The van der Waals surface area contributed by atoms with Gasteiger partial charge in [0.1, 0.15) is 5.75 Å². The number of alkyl halides is 3. The van der Waals surface area contributed by atoms with Crippen LogP contribution in [0.1, 0.15) is 5.56 Å². The fourth-order valence-electron chi connectivity index (χ4n) is 1.40. The van der Waals surface area contributed by atoms with E-state index in [1.54, 1.807) is 0 Å². The van der Waals surface area contributed by atoms with Crippen LogP contribution in [-0.4, -0.2) is 25.4 Å². The van der Waals surface area contributed by atoms with Crippen molar-refractivity contribution in [1.82, 2.24) is 0 Å². The quantitative estimate of drug-likeness (QED) is 0.622. The minimum Gasteiger partial charge on any atom is -0.497 e. The molecule has 0 aliphatic rings. The van der Waals surface area contributed by atoms with Gasteiger partial charge in [0.2, 0.25) is 12.2 Å². The predicted octanol–water partition coefficient (Wildman–Crippen LogP) is 2.08. The second kappa shape index (κ2) is 5.48. The maximum Gasteiger partial charge on any atom is 0.440 e. The smallest absolute Gasteiger partial charge is 0.440 e. The lowest BCUT2D eigenvalue weighted by molar-refractivity contribution is -0.186. The molecule has 19 heavy (non-hydrogen) atoms. The molecular weight excluding hydrogens is 265 g/mol. The molecule has 0 spiro atoms. The van der Waals surface area contributed by atoms with Crippen molar-refractivity contribution in [3.63, 3.8) is 0 Å². The van der Waals surface area contributed by atoms with Crippen LogP contribution in [0.5, 0.6) is 5.75 Å². The summed E-state index contributed by atoms with van der Waals surface area (Å²) >= 11 is 0. The largest absolute Gasteiger partial charge is 0.497 e. The molecule has 0 atom stereocenters. The van der Waals surface area contributed by atoms with Gasteiger partial charge in [-0.05, 0) is 12.1 Å². The van der Waals surface area contributed by atoms with Crippen LogP contribution in [0.15, 0.2) is 34.3 Å². The lowest BCUT2D eigenvalue weighted by Crippen LogP contribution is -2.38. The number of hydrogen-bond acceptors (Lipinski definition) is 5. The van der Waals surface area contributed by atoms with Crippen LogP contribution < -0.4 is 4.74 Å². The maximum absolute atomic E-state index is 13.0. The third kappa shape index (κ3) is 2.70. The Morgan fingerprint density at radius 1 is 1.05 bits per heavy atom. The first-order chi connectivity index (χ1) is 8.91. The number of hydrogen-bond donors (Lipinski definition) is 0. The molecule has 1 aromatic carbocycles. The van der Waals surface area contributed by atoms with Gasteiger partial charge in [-0.25, -0.2) is 9.59 Å². The number of rotatable bonds is 4. The summed E-state index contributed by atoms with van der Waals surface area (Å²) in [6.07, 6.45) is -3.53. The minimum absolute atomic E-state index is 0.296. The predicted molar refractivity (Wildman–Crippen MR) is 57.0 cm³/mol. The summed E-state index contributed by atoms with van der Waals surface area (Å²) in [7, 11) is 1.33. The molecule has 0 N–H and O–H groups in total. The van der Waals surface area contributed by atoms with E-state index in [9.17, 15) is 22.8 Å². The molecule has 100 valence electrons. The summed E-state index contributed by atoms with van der Waals surface area (Å²) in [6, 6.07) is 4.43. The highest BCUT2D eigenvalue weighted by Gasteiger charge is 2.58. The van der Waals surface area contributed by atoms with Crippen molar-refractivity contribution < 1.29 is 27.5 Å². The zero-order valence-electron chi connectivity index (χ0n) is 9.56. The molecule has 0 aromatic heterocycles. The number of isocyanates is 2. The summed E-state index contributed by atoms with van der Waals surface area (Å²) in [6.45, 7) is 0. The van der Waals surface area contributed by atoms with Gasteiger partial charge < -0.3 is 4.74 Å². The highest BCUT2D eigenvalue weighted by atomic mass is 19.4. The van der Waals surface area contributed by atoms with Gasteiger partial charge in [0, 0.05) is 5.56 Å². The normalized spacial score (nSPS) is 13.7. The van der Waals surface area contributed by atoms with Crippen molar-refractivity contribution in [2.24, 2.45) is 9.98 Å². The zero-order valence-corrected chi connectivity index (χ0v) is 9.56. The summed E-state index contributed by atoms with van der Waals surface area (Å²) < 4.78 is 43.9. The lowest BCUT2D eigenvalue weighted by atomic mass is 10.00. The molecule has 0 fully saturated rings. The summed E-state index contributed by atoms with van der Waals surface area (Å²) in [5.41, 5.74) is -3.85. The minimum atomic E-state index is -5.09. The molecule has 0 saturated heterocycles. The van der Waals surface area contributed by atoms with Gasteiger partial charge in [-0.1, -0.05) is 12.1 Å². The number of aliphatic imine (C=N–C) groups is 2. The van der Waals surface area contributed by atoms with E-state index in [1.165, 1.54) is 19.2 Å². The van der Waals surface area contributed by atoms with Gasteiger partial charge in [-0.3, -0.25) is 0 Å². The van der Waals surface area contributed by atoms with Crippen molar-refractivity contribution >= 4 is 12.2 Å². The third-order valence-corrected chi connectivity index (χ3v) is 2.30. The van der Waals surface area contributed by atoms with E-state index >= 15 is 0 Å². The van der Waals surface area contributed by atoms with Gasteiger partial charge >= 0.3 is 6.18 Å². The van der Waals surface area contributed by atoms with Crippen LogP contribution in [0, 0.1) is 0 Å². The first-order valence-electron chi connectivity index (χ1n) is 4.80. The van der Waals surface area contributed by atoms with Gasteiger partial charge in [0.15, 0.2) is 0 Å². The lowest BCUT2D eigenvalue weighted by Gasteiger charge is -2.25. The van der Waals surface area contributed by atoms with Gasteiger partial charge in [0.05, 0.1) is 7.11 Å². The van der Waals surface area contributed by atoms with Crippen LogP contribution in [-0.2, 0) is 15.3 Å². The number of benzene rings is 1. The average Bonchev–Trinajstić information content (AvgIpc) is 2.37. The van der Waals surface area contributed by atoms with E-state index in [4.69, 9.17) is 4.74 Å². The van der Waals surface area contributed by atoms with Crippen molar-refractivity contribution in [2.45, 2.75) is 11.8 Å². The number of halogens is 3.